The summed E-state index contributed by atoms with van der Waals surface area (Å²) < 4.78 is 19.6. The number of hydrogen-bond donors (Lipinski definition) is 1. The van der Waals surface area contributed by atoms with Gasteiger partial charge < -0.3 is 23.8 Å². The zero-order valence-electron chi connectivity index (χ0n) is 15.4. The molecule has 0 aliphatic rings. The molecule has 8 heteroatoms. The average Bonchev–Trinajstić information content (AvgIpc) is 2.72. The first kappa shape index (κ1) is 20.8. The topological polar surface area (TPSA) is 91.3 Å². The van der Waals surface area contributed by atoms with Gasteiger partial charge >= 0.3 is 19.3 Å². The van der Waals surface area contributed by atoms with E-state index in [4.69, 9.17) is 9.31 Å². The van der Waals surface area contributed by atoms with Crippen LogP contribution in [0.4, 0.5) is 0 Å². The standard InChI is InChI=1S/C20H19BO7/c1-25-19(22)13-7-15-3-9-17(10-4-15)27-21(24)28-18-11-5-16(6-12-18)8-14-20(23)26-2/h3-14,24H,1-2H3. The Morgan fingerprint density at radius 3 is 1.43 bits per heavy atom. The molecule has 2 rings (SSSR count). The SMILES string of the molecule is COC(=O)C=Cc1ccc(OB(O)Oc2ccc(C=CC(=O)OC)cc2)cc1. The molecule has 0 aromatic heterocycles. The van der Waals surface area contributed by atoms with Gasteiger partial charge in [-0.25, -0.2) is 9.59 Å². The highest BCUT2D eigenvalue weighted by atomic mass is 16.7. The summed E-state index contributed by atoms with van der Waals surface area (Å²) in [7, 11) is 1.10. The molecule has 0 aliphatic heterocycles. The maximum atomic E-state index is 11.1. The van der Waals surface area contributed by atoms with Crippen molar-refractivity contribution >= 4 is 31.4 Å². The van der Waals surface area contributed by atoms with Crippen molar-refractivity contribution in [3.63, 3.8) is 0 Å². The zero-order valence-corrected chi connectivity index (χ0v) is 15.4. The fourth-order valence-electron chi connectivity index (χ4n) is 2.04. The van der Waals surface area contributed by atoms with E-state index in [1.165, 1.54) is 26.4 Å². The van der Waals surface area contributed by atoms with Crippen molar-refractivity contribution in [2.75, 3.05) is 14.2 Å². The van der Waals surface area contributed by atoms with Gasteiger partial charge in [0.05, 0.1) is 14.2 Å². The Morgan fingerprint density at radius 2 is 1.11 bits per heavy atom. The van der Waals surface area contributed by atoms with Crippen LogP contribution in [0.3, 0.4) is 0 Å². The second kappa shape index (κ2) is 10.6. The third-order valence-corrected chi connectivity index (χ3v) is 3.46. The maximum absolute atomic E-state index is 11.1. The summed E-state index contributed by atoms with van der Waals surface area (Å²) in [6, 6.07) is 13.4. The van der Waals surface area contributed by atoms with Gasteiger partial charge in [-0.2, -0.15) is 0 Å². The lowest BCUT2D eigenvalue weighted by Gasteiger charge is -2.11. The summed E-state index contributed by atoms with van der Waals surface area (Å²) in [5.74, 6) is -0.118. The molecule has 0 atom stereocenters. The second-order valence-electron chi connectivity index (χ2n) is 5.39. The number of rotatable bonds is 8. The minimum Gasteiger partial charge on any atom is -0.501 e. The quantitative estimate of drug-likeness (QED) is 0.426. The molecule has 0 fully saturated rings. The smallest absolute Gasteiger partial charge is 0.501 e. The van der Waals surface area contributed by atoms with E-state index in [1.54, 1.807) is 60.7 Å². The van der Waals surface area contributed by atoms with E-state index < -0.39 is 19.3 Å². The minimum atomic E-state index is -1.51. The van der Waals surface area contributed by atoms with Crippen molar-refractivity contribution in [3.05, 3.63) is 71.8 Å². The highest BCUT2D eigenvalue weighted by Crippen LogP contribution is 2.17. The van der Waals surface area contributed by atoms with Crippen LogP contribution in [0.2, 0.25) is 0 Å². The summed E-state index contributed by atoms with van der Waals surface area (Å²) in [6.45, 7) is 0. The van der Waals surface area contributed by atoms with Crippen molar-refractivity contribution in [3.8, 4) is 11.5 Å². The molecule has 2 aromatic rings. The summed E-state index contributed by atoms with van der Waals surface area (Å²) in [5, 5.41) is 9.92. The number of carbonyl (C=O) groups is 2. The van der Waals surface area contributed by atoms with Gasteiger partial charge in [0.15, 0.2) is 0 Å². The molecule has 0 amide bonds. The lowest BCUT2D eigenvalue weighted by molar-refractivity contribution is -0.135. The summed E-state index contributed by atoms with van der Waals surface area (Å²) in [6.07, 6.45) is 5.80. The molecular weight excluding hydrogens is 363 g/mol. The largest absolute Gasteiger partial charge is 0.785 e. The number of methoxy groups -OCH3 is 2. The summed E-state index contributed by atoms with van der Waals surface area (Å²) in [5.41, 5.74) is 1.53. The Hall–Kier alpha value is -3.52. The lowest BCUT2D eigenvalue weighted by Crippen LogP contribution is -2.29. The molecule has 1 N–H and O–H groups in total. The number of carbonyl (C=O) groups excluding carboxylic acids is 2. The first-order valence-electron chi connectivity index (χ1n) is 8.23. The molecule has 0 aliphatic carbocycles. The second-order valence-corrected chi connectivity index (χ2v) is 5.39. The van der Waals surface area contributed by atoms with Crippen LogP contribution >= 0.6 is 0 Å². The van der Waals surface area contributed by atoms with Crippen LogP contribution in [-0.4, -0.2) is 38.5 Å². The number of hydrogen-bond acceptors (Lipinski definition) is 7. The minimum absolute atomic E-state index is 0.389. The van der Waals surface area contributed by atoms with Gasteiger partial charge in [0.2, 0.25) is 0 Å². The molecule has 144 valence electrons. The van der Waals surface area contributed by atoms with Crippen LogP contribution in [0.1, 0.15) is 11.1 Å². The lowest BCUT2D eigenvalue weighted by atomic mass is 10.1. The van der Waals surface area contributed by atoms with Crippen molar-refractivity contribution in [2.24, 2.45) is 0 Å². The van der Waals surface area contributed by atoms with Gasteiger partial charge in [-0.1, -0.05) is 24.3 Å². The normalized spacial score (nSPS) is 10.7. The Balaban J connectivity index is 1.88. The number of ether oxygens (including phenoxy) is 2. The van der Waals surface area contributed by atoms with Crippen molar-refractivity contribution < 1.29 is 33.4 Å². The molecule has 7 nitrogen and oxygen atoms in total. The maximum Gasteiger partial charge on any atom is 0.785 e. The van der Waals surface area contributed by atoms with Gasteiger partial charge in [-0.05, 0) is 47.5 Å². The first-order valence-corrected chi connectivity index (χ1v) is 8.23. The van der Waals surface area contributed by atoms with Crippen LogP contribution in [0.15, 0.2) is 60.7 Å². The Labute approximate surface area is 163 Å². The molecule has 0 bridgehead atoms. The summed E-state index contributed by atoms with van der Waals surface area (Å²) >= 11 is 0. The van der Waals surface area contributed by atoms with E-state index in [0.717, 1.165) is 11.1 Å². The van der Waals surface area contributed by atoms with E-state index in [-0.39, 0.29) is 0 Å². The van der Waals surface area contributed by atoms with Gasteiger partial charge in [0, 0.05) is 12.2 Å². The molecule has 0 heterocycles. The predicted octanol–water partition coefficient (Wildman–Crippen LogP) is 2.49. The van der Waals surface area contributed by atoms with E-state index in [9.17, 15) is 14.6 Å². The van der Waals surface area contributed by atoms with E-state index in [0.29, 0.717) is 11.5 Å². The Bertz CT molecular complexity index is 770. The van der Waals surface area contributed by atoms with Gasteiger partial charge in [0.25, 0.3) is 0 Å². The van der Waals surface area contributed by atoms with Crippen LogP contribution in [0.5, 0.6) is 11.5 Å². The van der Waals surface area contributed by atoms with Crippen molar-refractivity contribution in [2.45, 2.75) is 0 Å². The monoisotopic (exact) mass is 382 g/mol. The molecule has 2 aromatic carbocycles. The van der Waals surface area contributed by atoms with E-state index in [1.807, 2.05) is 0 Å². The molecule has 0 unspecified atom stereocenters. The highest BCUT2D eigenvalue weighted by molar-refractivity contribution is 6.36. The van der Waals surface area contributed by atoms with Gasteiger partial charge in [-0.15, -0.1) is 0 Å². The molecule has 0 spiro atoms. The number of esters is 2. The number of benzene rings is 2. The van der Waals surface area contributed by atoms with Crippen LogP contribution in [-0.2, 0) is 19.1 Å². The van der Waals surface area contributed by atoms with Crippen molar-refractivity contribution in [1.82, 2.24) is 0 Å². The molecular formula is C20H19BO7. The fourth-order valence-corrected chi connectivity index (χ4v) is 2.04. The third kappa shape index (κ3) is 7.01. The fraction of sp³-hybridized carbons (Fsp3) is 0.100. The van der Waals surface area contributed by atoms with Crippen molar-refractivity contribution in [1.29, 1.82) is 0 Å². The highest BCUT2D eigenvalue weighted by Gasteiger charge is 2.21. The van der Waals surface area contributed by atoms with E-state index in [2.05, 4.69) is 9.47 Å². The zero-order chi connectivity index (χ0) is 20.4. The average molecular weight is 382 g/mol. The van der Waals surface area contributed by atoms with Crippen LogP contribution in [0.25, 0.3) is 12.2 Å². The Morgan fingerprint density at radius 1 is 0.750 bits per heavy atom. The van der Waals surface area contributed by atoms with Crippen LogP contribution < -0.4 is 9.31 Å². The van der Waals surface area contributed by atoms with Gasteiger partial charge in [0.1, 0.15) is 11.5 Å². The first-order chi connectivity index (χ1) is 13.5. The Kier molecular flexibility index (Phi) is 7.86. The molecule has 0 radical (unpaired) electrons. The summed E-state index contributed by atoms with van der Waals surface area (Å²) in [4.78, 5) is 22.1. The predicted molar refractivity (Wildman–Crippen MR) is 104 cm³/mol. The van der Waals surface area contributed by atoms with Crippen LogP contribution in [0, 0.1) is 0 Å². The molecule has 28 heavy (non-hydrogen) atoms. The van der Waals surface area contributed by atoms with Gasteiger partial charge in [-0.3, -0.25) is 0 Å². The molecule has 0 saturated carbocycles. The third-order valence-electron chi connectivity index (χ3n) is 3.46. The molecule has 0 saturated heterocycles. The van der Waals surface area contributed by atoms with E-state index >= 15 is 0 Å².